The van der Waals surface area contributed by atoms with Crippen molar-refractivity contribution in [3.05, 3.63) is 17.0 Å². The number of nitrogens with two attached hydrogens (primary N) is 1. The third-order valence-electron chi connectivity index (χ3n) is 3.54. The summed E-state index contributed by atoms with van der Waals surface area (Å²) in [6.07, 6.45) is -1.01. The van der Waals surface area contributed by atoms with Gasteiger partial charge in [-0.3, -0.25) is 14.9 Å². The molecule has 27 heavy (non-hydrogen) atoms. The van der Waals surface area contributed by atoms with Crippen LogP contribution in [0.2, 0.25) is 0 Å². The molecule has 0 fully saturated rings. The molecule has 1 aromatic heterocycles. The van der Waals surface area contributed by atoms with Crippen molar-refractivity contribution in [1.29, 1.82) is 0 Å². The van der Waals surface area contributed by atoms with Gasteiger partial charge in [-0.2, -0.15) is 8.78 Å². The van der Waals surface area contributed by atoms with Gasteiger partial charge in [-0.1, -0.05) is 13.8 Å². The molecule has 3 amide bonds. The van der Waals surface area contributed by atoms with Crippen LogP contribution in [-0.4, -0.2) is 39.7 Å². The highest BCUT2D eigenvalue weighted by molar-refractivity contribution is 7.99. The monoisotopic (exact) mass is 404 g/mol. The molecule has 1 heterocycles. The lowest BCUT2D eigenvalue weighted by atomic mass is 10.1. The first kappa shape index (κ1) is 22.7. The van der Waals surface area contributed by atoms with E-state index < -0.39 is 29.8 Å². The average Bonchev–Trinajstić information content (AvgIpc) is 2.49. The van der Waals surface area contributed by atoms with Crippen molar-refractivity contribution in [3.8, 4) is 0 Å². The second-order valence-electron chi connectivity index (χ2n) is 6.04. The molecule has 150 valence electrons. The Morgan fingerprint density at radius 1 is 1.19 bits per heavy atom. The first-order chi connectivity index (χ1) is 12.5. The highest BCUT2D eigenvalue weighted by atomic mass is 32.2. The average molecular weight is 404 g/mol. The van der Waals surface area contributed by atoms with E-state index in [0.29, 0.717) is 17.0 Å². The van der Waals surface area contributed by atoms with E-state index in [1.54, 1.807) is 27.7 Å². The van der Waals surface area contributed by atoms with Crippen molar-refractivity contribution in [1.82, 2.24) is 15.3 Å². The molecule has 0 aromatic carbocycles. The van der Waals surface area contributed by atoms with Crippen molar-refractivity contribution in [2.75, 3.05) is 0 Å². The number of carbonyl (C=O) groups is 3. The summed E-state index contributed by atoms with van der Waals surface area (Å²) in [6, 6.07) is -1.04. The smallest absolute Gasteiger partial charge is 0.318 e. The minimum absolute atomic E-state index is 0.0330. The first-order valence-electron chi connectivity index (χ1n) is 8.10. The zero-order chi connectivity index (χ0) is 20.7. The lowest BCUT2D eigenvalue weighted by molar-refractivity contribution is -0.158. The SMILES string of the molecule is Cc1nc(SC(F)F)nc(C)c1CCC(=O)O[C@H](C(=O)NC(N)=O)C(C)C. The highest BCUT2D eigenvalue weighted by Gasteiger charge is 2.27. The Hall–Kier alpha value is -2.30. The summed E-state index contributed by atoms with van der Waals surface area (Å²) in [5.74, 6) is -4.44. The van der Waals surface area contributed by atoms with E-state index in [2.05, 4.69) is 9.97 Å². The Bertz CT molecular complexity index is 693. The summed E-state index contributed by atoms with van der Waals surface area (Å²) in [6.45, 7) is 6.59. The second kappa shape index (κ2) is 10.1. The van der Waals surface area contributed by atoms with Gasteiger partial charge in [-0.25, -0.2) is 14.8 Å². The predicted molar refractivity (Wildman–Crippen MR) is 94.1 cm³/mol. The largest absolute Gasteiger partial charge is 0.452 e. The number of alkyl halides is 2. The van der Waals surface area contributed by atoms with Crippen molar-refractivity contribution < 1.29 is 27.9 Å². The summed E-state index contributed by atoms with van der Waals surface area (Å²) in [5.41, 5.74) is 6.53. The molecule has 0 bridgehead atoms. The maximum Gasteiger partial charge on any atom is 0.318 e. The van der Waals surface area contributed by atoms with E-state index in [9.17, 15) is 23.2 Å². The molecule has 0 radical (unpaired) electrons. The number of primary amides is 1. The molecule has 1 aromatic rings. The van der Waals surface area contributed by atoms with E-state index in [1.165, 1.54) is 0 Å². The number of hydrogen-bond donors (Lipinski definition) is 2. The van der Waals surface area contributed by atoms with Gasteiger partial charge in [0.15, 0.2) is 11.3 Å². The number of amides is 3. The molecule has 0 spiro atoms. The fourth-order valence-corrected chi connectivity index (χ4v) is 2.85. The number of carbonyl (C=O) groups excluding carboxylic acids is 3. The van der Waals surface area contributed by atoms with Crippen LogP contribution in [0.3, 0.4) is 0 Å². The summed E-state index contributed by atoms with van der Waals surface area (Å²) in [4.78, 5) is 42.8. The maximum absolute atomic E-state index is 12.4. The molecule has 0 unspecified atom stereocenters. The quantitative estimate of drug-likeness (QED) is 0.386. The van der Waals surface area contributed by atoms with Gasteiger partial charge >= 0.3 is 12.0 Å². The number of nitrogens with one attached hydrogen (secondary N) is 1. The minimum atomic E-state index is -2.62. The number of thioether (sulfide) groups is 1. The fourth-order valence-electron chi connectivity index (χ4n) is 2.32. The molecule has 1 atom stereocenters. The van der Waals surface area contributed by atoms with Gasteiger partial charge in [0.25, 0.3) is 11.7 Å². The van der Waals surface area contributed by atoms with Gasteiger partial charge in [-0.05, 0) is 43.5 Å². The number of rotatable bonds is 8. The number of halogens is 2. The van der Waals surface area contributed by atoms with Crippen LogP contribution in [0.5, 0.6) is 0 Å². The predicted octanol–water partition coefficient (Wildman–Crippen LogP) is 2.10. The van der Waals surface area contributed by atoms with Gasteiger partial charge < -0.3 is 10.5 Å². The minimum Gasteiger partial charge on any atom is -0.452 e. The van der Waals surface area contributed by atoms with Gasteiger partial charge in [0, 0.05) is 17.8 Å². The Balaban J connectivity index is 2.75. The first-order valence-corrected chi connectivity index (χ1v) is 8.98. The van der Waals surface area contributed by atoms with Crippen LogP contribution in [0.4, 0.5) is 13.6 Å². The van der Waals surface area contributed by atoms with Crippen LogP contribution in [0, 0.1) is 19.8 Å². The normalized spacial score (nSPS) is 12.1. The molecule has 0 aliphatic rings. The summed E-state index contributed by atoms with van der Waals surface area (Å²) in [7, 11) is 0. The highest BCUT2D eigenvalue weighted by Crippen LogP contribution is 2.24. The molecule has 1 rings (SSSR count). The molecule has 11 heteroatoms. The number of aryl methyl sites for hydroxylation is 2. The second-order valence-corrected chi connectivity index (χ2v) is 7.00. The van der Waals surface area contributed by atoms with Crippen molar-refractivity contribution in [2.45, 2.75) is 57.6 Å². The van der Waals surface area contributed by atoms with Crippen LogP contribution in [0.1, 0.15) is 37.2 Å². The number of esters is 1. The topological polar surface area (TPSA) is 124 Å². The molecular formula is C16H22F2N4O4S. The van der Waals surface area contributed by atoms with Gasteiger partial charge in [-0.15, -0.1) is 0 Å². The zero-order valence-corrected chi connectivity index (χ0v) is 16.2. The lowest BCUT2D eigenvalue weighted by Crippen LogP contribution is -2.45. The fraction of sp³-hybridized carbons (Fsp3) is 0.562. The van der Waals surface area contributed by atoms with Gasteiger partial charge in [0.1, 0.15) is 0 Å². The number of ether oxygens (including phenoxy) is 1. The summed E-state index contributed by atoms with van der Waals surface area (Å²) < 4.78 is 30.0. The molecule has 0 aliphatic carbocycles. The third-order valence-corrected chi connectivity index (χ3v) is 4.11. The van der Waals surface area contributed by atoms with Crippen LogP contribution in [-0.2, 0) is 20.7 Å². The standard InChI is InChI=1S/C16H22F2N4O4S/c1-7(2)12(13(24)22-15(19)25)26-11(23)6-5-10-8(3)20-16(21-9(10)4)27-14(17)18/h7,12,14H,5-6H2,1-4H3,(H3,19,22,24,25)/t12-/m0/s1. The van der Waals surface area contributed by atoms with Gasteiger partial charge in [0.05, 0.1) is 0 Å². The molecule has 0 aliphatic heterocycles. The molecule has 3 N–H and O–H groups in total. The summed E-state index contributed by atoms with van der Waals surface area (Å²) >= 11 is 0.250. The van der Waals surface area contributed by atoms with E-state index in [4.69, 9.17) is 10.5 Å². The van der Waals surface area contributed by atoms with E-state index >= 15 is 0 Å². The van der Waals surface area contributed by atoms with Crippen LogP contribution in [0.15, 0.2) is 5.16 Å². The summed E-state index contributed by atoms with van der Waals surface area (Å²) in [5, 5.41) is 1.85. The number of aromatic nitrogens is 2. The third kappa shape index (κ3) is 7.45. The Morgan fingerprint density at radius 3 is 2.19 bits per heavy atom. The molecule has 8 nitrogen and oxygen atoms in total. The number of urea groups is 1. The Kier molecular flexibility index (Phi) is 8.54. The Labute approximate surface area is 159 Å². The molecule has 0 saturated carbocycles. The van der Waals surface area contributed by atoms with Crippen LogP contribution >= 0.6 is 11.8 Å². The van der Waals surface area contributed by atoms with Crippen LogP contribution < -0.4 is 11.1 Å². The van der Waals surface area contributed by atoms with E-state index in [0.717, 1.165) is 0 Å². The lowest BCUT2D eigenvalue weighted by Gasteiger charge is -2.20. The molecule has 0 saturated heterocycles. The number of imide groups is 1. The van der Waals surface area contributed by atoms with E-state index in [-0.39, 0.29) is 35.7 Å². The van der Waals surface area contributed by atoms with Crippen molar-refractivity contribution >= 4 is 29.7 Å². The van der Waals surface area contributed by atoms with E-state index in [1.807, 2.05) is 5.32 Å². The van der Waals surface area contributed by atoms with Crippen LogP contribution in [0.25, 0.3) is 0 Å². The zero-order valence-electron chi connectivity index (χ0n) is 15.4. The maximum atomic E-state index is 12.4. The van der Waals surface area contributed by atoms with Crippen molar-refractivity contribution in [2.24, 2.45) is 11.7 Å². The number of nitrogens with zero attached hydrogens (tertiary/aromatic N) is 2. The van der Waals surface area contributed by atoms with Crippen molar-refractivity contribution in [3.63, 3.8) is 0 Å². The Morgan fingerprint density at radius 2 is 1.74 bits per heavy atom. The van der Waals surface area contributed by atoms with Gasteiger partial charge in [0.2, 0.25) is 0 Å². The molecular weight excluding hydrogens is 382 g/mol. The number of hydrogen-bond acceptors (Lipinski definition) is 7.